The molecule has 2 aromatic carbocycles. The zero-order valence-electron chi connectivity index (χ0n) is 15.5. The molecule has 3 aromatic rings. The molecule has 0 spiro atoms. The zero-order valence-corrected chi connectivity index (χ0v) is 17.1. The van der Waals surface area contributed by atoms with Gasteiger partial charge in [-0.1, -0.05) is 17.7 Å². The number of aromatic nitrogens is 1. The van der Waals surface area contributed by atoms with Crippen LogP contribution in [0.15, 0.2) is 47.4 Å². The monoisotopic (exact) mass is 399 g/mol. The summed E-state index contributed by atoms with van der Waals surface area (Å²) >= 11 is 8.05. The fraction of sp³-hybridized carbons (Fsp3) is 0.318. The summed E-state index contributed by atoms with van der Waals surface area (Å²) in [6.45, 7) is 0.749. The Morgan fingerprint density at radius 3 is 2.70 bits per heavy atom. The summed E-state index contributed by atoms with van der Waals surface area (Å²) in [6, 6.07) is 11.8. The lowest BCUT2D eigenvalue weighted by atomic mass is 9.98. The van der Waals surface area contributed by atoms with Crippen LogP contribution in [0.2, 0.25) is 5.02 Å². The number of halogens is 1. The maximum Gasteiger partial charge on any atom is 0.258 e. The van der Waals surface area contributed by atoms with E-state index in [4.69, 9.17) is 16.3 Å². The Bertz CT molecular complexity index is 1060. The van der Waals surface area contributed by atoms with Gasteiger partial charge in [0.15, 0.2) is 0 Å². The molecule has 3 nitrogen and oxygen atoms in total. The van der Waals surface area contributed by atoms with E-state index in [2.05, 4.69) is 24.5 Å². The molecule has 0 aliphatic heterocycles. The van der Waals surface area contributed by atoms with Gasteiger partial charge in [0, 0.05) is 40.5 Å². The van der Waals surface area contributed by atoms with Crippen molar-refractivity contribution in [3.05, 3.63) is 63.5 Å². The third-order valence-electron chi connectivity index (χ3n) is 4.96. The molecule has 0 saturated heterocycles. The Morgan fingerprint density at radius 1 is 1.15 bits per heavy atom. The Kier molecular flexibility index (Phi) is 5.20. The van der Waals surface area contributed by atoms with E-state index >= 15 is 0 Å². The third kappa shape index (κ3) is 3.87. The van der Waals surface area contributed by atoms with Gasteiger partial charge in [-0.25, -0.2) is 0 Å². The van der Waals surface area contributed by atoms with Gasteiger partial charge >= 0.3 is 0 Å². The van der Waals surface area contributed by atoms with Crippen molar-refractivity contribution in [2.45, 2.75) is 18.6 Å². The molecular formula is C22H22ClNO2S. The maximum absolute atomic E-state index is 12.6. The first-order valence-corrected chi connectivity index (χ1v) is 10.9. The number of benzene rings is 2. The van der Waals surface area contributed by atoms with E-state index < -0.39 is 0 Å². The molecule has 1 fully saturated rings. The largest absolute Gasteiger partial charge is 0.493 e. The summed E-state index contributed by atoms with van der Waals surface area (Å²) < 4.78 is 7.81. The lowest BCUT2D eigenvalue weighted by Crippen LogP contribution is -2.16. The van der Waals surface area contributed by atoms with Gasteiger partial charge in [0.25, 0.3) is 5.56 Å². The van der Waals surface area contributed by atoms with Crippen LogP contribution in [0, 0.1) is 5.92 Å². The second-order valence-corrected chi connectivity index (χ2v) is 8.47. The number of hydrogen-bond donors (Lipinski definition) is 0. The van der Waals surface area contributed by atoms with Crippen molar-refractivity contribution in [1.29, 1.82) is 0 Å². The summed E-state index contributed by atoms with van der Waals surface area (Å²) in [5.74, 6) is 2.47. The van der Waals surface area contributed by atoms with Crippen LogP contribution in [-0.4, -0.2) is 17.4 Å². The lowest BCUT2D eigenvalue weighted by molar-refractivity contribution is 0.301. The van der Waals surface area contributed by atoms with Gasteiger partial charge in [-0.05, 0) is 66.3 Å². The Morgan fingerprint density at radius 2 is 1.96 bits per heavy atom. The fourth-order valence-electron chi connectivity index (χ4n) is 3.31. The average molecular weight is 400 g/mol. The van der Waals surface area contributed by atoms with Crippen LogP contribution in [0.25, 0.3) is 21.9 Å². The zero-order chi connectivity index (χ0) is 19.0. The summed E-state index contributed by atoms with van der Waals surface area (Å²) in [5, 5.41) is 2.16. The second kappa shape index (κ2) is 7.61. The van der Waals surface area contributed by atoms with Gasteiger partial charge < -0.3 is 9.30 Å². The lowest BCUT2D eigenvalue weighted by Gasteiger charge is -2.16. The smallest absolute Gasteiger partial charge is 0.258 e. The number of thioether (sulfide) groups is 1. The molecule has 27 heavy (non-hydrogen) atoms. The first kappa shape index (κ1) is 18.5. The number of ether oxygens (including phenoxy) is 1. The number of pyridine rings is 1. The highest BCUT2D eigenvalue weighted by Crippen LogP contribution is 2.38. The predicted molar refractivity (Wildman–Crippen MR) is 115 cm³/mol. The van der Waals surface area contributed by atoms with Crippen LogP contribution < -0.4 is 10.3 Å². The first-order valence-electron chi connectivity index (χ1n) is 9.10. The number of fused-ring (bicyclic) bond motifs is 1. The van der Waals surface area contributed by atoms with Crippen molar-refractivity contribution < 1.29 is 4.74 Å². The van der Waals surface area contributed by atoms with Crippen molar-refractivity contribution in [3.63, 3.8) is 0 Å². The highest BCUT2D eigenvalue weighted by Gasteiger charge is 2.23. The van der Waals surface area contributed by atoms with Gasteiger partial charge in [-0.3, -0.25) is 4.79 Å². The van der Waals surface area contributed by atoms with E-state index in [9.17, 15) is 4.79 Å². The van der Waals surface area contributed by atoms with E-state index in [0.717, 1.165) is 34.6 Å². The van der Waals surface area contributed by atoms with Gasteiger partial charge in [0.2, 0.25) is 0 Å². The van der Waals surface area contributed by atoms with Crippen LogP contribution in [-0.2, 0) is 12.8 Å². The average Bonchev–Trinajstić information content (AvgIpc) is 3.48. The van der Waals surface area contributed by atoms with Crippen LogP contribution in [0.1, 0.15) is 18.4 Å². The Balaban J connectivity index is 1.92. The quantitative estimate of drug-likeness (QED) is 0.547. The molecule has 5 heteroatoms. The molecule has 1 aromatic heterocycles. The molecule has 0 amide bonds. The highest BCUT2D eigenvalue weighted by atomic mass is 35.5. The van der Waals surface area contributed by atoms with Gasteiger partial charge in [-0.15, -0.1) is 0 Å². The minimum absolute atomic E-state index is 0.0221. The van der Waals surface area contributed by atoms with Crippen molar-refractivity contribution in [3.8, 4) is 16.9 Å². The number of rotatable bonds is 6. The summed E-state index contributed by atoms with van der Waals surface area (Å²) in [6.07, 6.45) is 6.48. The molecule has 0 unspecified atom stereocenters. The van der Waals surface area contributed by atoms with E-state index in [1.807, 2.05) is 12.3 Å². The number of hydrogen-bond acceptors (Lipinski definition) is 3. The highest BCUT2D eigenvalue weighted by molar-refractivity contribution is 7.97. The summed E-state index contributed by atoms with van der Waals surface area (Å²) in [5.41, 5.74) is 3.21. The standard InChI is InChI=1S/C22H22ClNO2S/c1-24-11-20(18-10-16(23)6-7-17(18)22(24)25)19-9-15(13-27-2)5-8-21(19)26-12-14-3-4-14/h5-11,14H,3-4,12-13H2,1-2H3. The van der Waals surface area contributed by atoms with Crippen LogP contribution >= 0.6 is 23.4 Å². The fourth-order valence-corrected chi connectivity index (χ4v) is 4.00. The van der Waals surface area contributed by atoms with Gasteiger partial charge in [0.05, 0.1) is 6.61 Å². The summed E-state index contributed by atoms with van der Waals surface area (Å²) in [7, 11) is 1.79. The Hall–Kier alpha value is -1.91. The van der Waals surface area contributed by atoms with Gasteiger partial charge in [-0.2, -0.15) is 11.8 Å². The maximum atomic E-state index is 12.6. The molecule has 1 aliphatic rings. The van der Waals surface area contributed by atoms with E-state index in [0.29, 0.717) is 16.3 Å². The molecule has 1 saturated carbocycles. The molecule has 0 bridgehead atoms. The minimum Gasteiger partial charge on any atom is -0.493 e. The molecule has 0 N–H and O–H groups in total. The van der Waals surface area contributed by atoms with E-state index in [-0.39, 0.29) is 5.56 Å². The molecule has 4 rings (SSSR count). The van der Waals surface area contributed by atoms with E-state index in [1.54, 1.807) is 35.5 Å². The molecule has 140 valence electrons. The topological polar surface area (TPSA) is 31.2 Å². The van der Waals surface area contributed by atoms with E-state index in [1.165, 1.54) is 18.4 Å². The van der Waals surface area contributed by atoms with Crippen molar-refractivity contribution in [1.82, 2.24) is 4.57 Å². The first-order chi connectivity index (χ1) is 13.1. The van der Waals surface area contributed by atoms with Crippen molar-refractivity contribution in [2.75, 3.05) is 12.9 Å². The SMILES string of the molecule is CSCc1ccc(OCC2CC2)c(-c2cn(C)c(=O)c3ccc(Cl)cc23)c1. The second-order valence-electron chi connectivity index (χ2n) is 7.17. The van der Waals surface area contributed by atoms with Crippen LogP contribution in [0.5, 0.6) is 5.75 Å². The minimum atomic E-state index is -0.0221. The number of aryl methyl sites for hydroxylation is 1. The number of nitrogens with zero attached hydrogens (tertiary/aromatic N) is 1. The molecule has 0 radical (unpaired) electrons. The Labute approximate surface area is 168 Å². The van der Waals surface area contributed by atoms with Crippen molar-refractivity contribution >= 4 is 34.1 Å². The molecule has 0 atom stereocenters. The third-order valence-corrected chi connectivity index (χ3v) is 5.82. The van der Waals surface area contributed by atoms with Gasteiger partial charge in [0.1, 0.15) is 5.75 Å². The normalized spacial score (nSPS) is 13.9. The predicted octanol–water partition coefficient (Wildman–Crippen LogP) is 5.51. The summed E-state index contributed by atoms with van der Waals surface area (Å²) in [4.78, 5) is 12.6. The molecule has 1 heterocycles. The van der Waals surface area contributed by atoms with Crippen molar-refractivity contribution in [2.24, 2.45) is 13.0 Å². The van der Waals surface area contributed by atoms with Crippen LogP contribution in [0.3, 0.4) is 0 Å². The van der Waals surface area contributed by atoms with Crippen LogP contribution in [0.4, 0.5) is 0 Å². The molecular weight excluding hydrogens is 378 g/mol. The molecule has 1 aliphatic carbocycles.